The highest BCUT2D eigenvalue weighted by molar-refractivity contribution is 6.15. The Kier molecular flexibility index (Phi) is 5.46. The molecular weight excluding hydrogens is 332 g/mol. The van der Waals surface area contributed by atoms with Crippen LogP contribution < -0.4 is 9.47 Å². The van der Waals surface area contributed by atoms with Gasteiger partial charge in [-0.1, -0.05) is 38.3 Å². The maximum atomic E-state index is 12.3. The summed E-state index contributed by atoms with van der Waals surface area (Å²) in [5.74, 6) is -0.188. The van der Waals surface area contributed by atoms with Crippen LogP contribution >= 0.6 is 0 Å². The number of fused-ring (bicyclic) bond motifs is 1. The molecule has 0 aliphatic carbocycles. The summed E-state index contributed by atoms with van der Waals surface area (Å²) in [5.41, 5.74) is 1.02. The molecule has 0 saturated heterocycles. The third kappa shape index (κ3) is 3.82. The zero-order valence-electron chi connectivity index (χ0n) is 14.7. The molecule has 1 aliphatic rings. The summed E-state index contributed by atoms with van der Waals surface area (Å²) in [6.45, 7) is 2.87. The Bertz CT molecular complexity index is 821. The quantitative estimate of drug-likeness (QED) is 0.429. The highest BCUT2D eigenvalue weighted by Crippen LogP contribution is 2.44. The van der Waals surface area contributed by atoms with Gasteiger partial charge in [-0.3, -0.25) is 4.79 Å². The molecule has 5 heteroatoms. The fourth-order valence-corrected chi connectivity index (χ4v) is 2.76. The minimum atomic E-state index is -0.425. The van der Waals surface area contributed by atoms with Crippen LogP contribution in [-0.4, -0.2) is 22.6 Å². The molecule has 2 aromatic rings. The molecule has 0 unspecified atom stereocenters. The number of ketones is 1. The smallest absolute Gasteiger partial charge is 0.232 e. The zero-order chi connectivity index (χ0) is 18.5. The average molecular weight is 354 g/mol. The molecule has 136 valence electrons. The molecule has 2 aromatic carbocycles. The summed E-state index contributed by atoms with van der Waals surface area (Å²) >= 11 is 0. The van der Waals surface area contributed by atoms with Gasteiger partial charge in [0, 0.05) is 0 Å². The van der Waals surface area contributed by atoms with Gasteiger partial charge in [0.15, 0.2) is 17.3 Å². The first-order valence-electron chi connectivity index (χ1n) is 8.82. The number of benzene rings is 2. The van der Waals surface area contributed by atoms with Gasteiger partial charge in [0.1, 0.15) is 5.75 Å². The number of phenols is 2. The lowest BCUT2D eigenvalue weighted by Crippen LogP contribution is -1.98. The van der Waals surface area contributed by atoms with Crippen LogP contribution in [0, 0.1) is 0 Å². The molecule has 3 rings (SSSR count). The molecule has 0 fully saturated rings. The van der Waals surface area contributed by atoms with Crippen molar-refractivity contribution in [1.29, 1.82) is 0 Å². The van der Waals surface area contributed by atoms with E-state index in [2.05, 4.69) is 6.92 Å². The van der Waals surface area contributed by atoms with Crippen LogP contribution in [0.5, 0.6) is 23.0 Å². The third-order valence-corrected chi connectivity index (χ3v) is 4.24. The Morgan fingerprint density at radius 3 is 2.54 bits per heavy atom. The van der Waals surface area contributed by atoms with E-state index < -0.39 is 5.75 Å². The Morgan fingerprint density at radius 2 is 1.81 bits per heavy atom. The van der Waals surface area contributed by atoms with Crippen LogP contribution in [0.4, 0.5) is 0 Å². The molecule has 0 saturated carbocycles. The van der Waals surface area contributed by atoms with Gasteiger partial charge < -0.3 is 19.7 Å². The summed E-state index contributed by atoms with van der Waals surface area (Å²) in [6, 6.07) is 10.1. The maximum Gasteiger partial charge on any atom is 0.232 e. The highest BCUT2D eigenvalue weighted by atomic mass is 16.5. The van der Waals surface area contributed by atoms with Crippen molar-refractivity contribution in [2.75, 3.05) is 6.61 Å². The lowest BCUT2D eigenvalue weighted by atomic mass is 10.1. The fraction of sp³-hybridized carbons (Fsp3) is 0.286. The lowest BCUT2D eigenvalue weighted by Gasteiger charge is -2.06. The number of Topliss-reactive ketones (excluding diaryl/α,β-unsaturated/α-hetero) is 1. The van der Waals surface area contributed by atoms with E-state index in [1.165, 1.54) is 31.4 Å². The molecule has 0 amide bonds. The van der Waals surface area contributed by atoms with Crippen molar-refractivity contribution in [2.24, 2.45) is 0 Å². The SMILES string of the molecule is CCCCCCOc1ccc(C=C2Oc3c(ccc(O)c3O)C2=O)cc1. The van der Waals surface area contributed by atoms with Crippen LogP contribution in [0.3, 0.4) is 0 Å². The van der Waals surface area contributed by atoms with Gasteiger partial charge in [0.25, 0.3) is 0 Å². The van der Waals surface area contributed by atoms with Crippen molar-refractivity contribution < 1.29 is 24.5 Å². The molecule has 0 spiro atoms. The lowest BCUT2D eigenvalue weighted by molar-refractivity contribution is 0.101. The van der Waals surface area contributed by atoms with Gasteiger partial charge in [-0.25, -0.2) is 0 Å². The van der Waals surface area contributed by atoms with E-state index in [-0.39, 0.29) is 28.6 Å². The standard InChI is InChI=1S/C21H22O5/c1-2-3-4-5-12-25-15-8-6-14(7-9-15)13-18-19(23)16-10-11-17(22)20(24)21(16)26-18/h6-11,13,22,24H,2-5,12H2,1H3. The summed E-state index contributed by atoms with van der Waals surface area (Å²) in [6.07, 6.45) is 6.23. The van der Waals surface area contributed by atoms with Crippen molar-refractivity contribution in [2.45, 2.75) is 32.6 Å². The first kappa shape index (κ1) is 17.9. The van der Waals surface area contributed by atoms with E-state index in [1.807, 2.05) is 24.3 Å². The number of phenolic OH excluding ortho intramolecular Hbond substituents is 2. The maximum absolute atomic E-state index is 12.3. The monoisotopic (exact) mass is 354 g/mol. The van der Waals surface area contributed by atoms with Crippen molar-refractivity contribution in [3.8, 4) is 23.0 Å². The molecule has 5 nitrogen and oxygen atoms in total. The first-order valence-corrected chi connectivity index (χ1v) is 8.82. The molecule has 0 aromatic heterocycles. The minimum absolute atomic E-state index is 0.00622. The highest BCUT2D eigenvalue weighted by Gasteiger charge is 2.31. The van der Waals surface area contributed by atoms with Gasteiger partial charge in [0.05, 0.1) is 12.2 Å². The van der Waals surface area contributed by atoms with E-state index in [9.17, 15) is 15.0 Å². The van der Waals surface area contributed by atoms with E-state index >= 15 is 0 Å². The third-order valence-electron chi connectivity index (χ3n) is 4.24. The van der Waals surface area contributed by atoms with Gasteiger partial charge in [0.2, 0.25) is 11.5 Å². The second kappa shape index (κ2) is 7.95. The number of hydrogen-bond donors (Lipinski definition) is 2. The van der Waals surface area contributed by atoms with Gasteiger partial charge in [-0.15, -0.1) is 0 Å². The molecule has 2 N–H and O–H groups in total. The van der Waals surface area contributed by atoms with Gasteiger partial charge in [-0.2, -0.15) is 0 Å². The number of aromatic hydroxyl groups is 2. The molecule has 0 bridgehead atoms. The molecule has 26 heavy (non-hydrogen) atoms. The Labute approximate surface area is 152 Å². The number of rotatable bonds is 7. The number of carbonyl (C=O) groups is 1. The van der Waals surface area contributed by atoms with E-state index in [0.29, 0.717) is 6.61 Å². The first-order chi connectivity index (χ1) is 12.6. The number of unbranched alkanes of at least 4 members (excludes halogenated alkanes) is 3. The second-order valence-corrected chi connectivity index (χ2v) is 6.23. The second-order valence-electron chi connectivity index (χ2n) is 6.23. The Hall–Kier alpha value is -2.95. The van der Waals surface area contributed by atoms with Crippen LogP contribution in [0.2, 0.25) is 0 Å². The van der Waals surface area contributed by atoms with Crippen molar-refractivity contribution in [1.82, 2.24) is 0 Å². The molecular formula is C21H22O5. The Morgan fingerprint density at radius 1 is 1.04 bits per heavy atom. The number of ether oxygens (including phenoxy) is 2. The number of carbonyl (C=O) groups excluding carboxylic acids is 1. The van der Waals surface area contributed by atoms with E-state index in [1.54, 1.807) is 6.08 Å². The van der Waals surface area contributed by atoms with Crippen molar-refractivity contribution in [3.63, 3.8) is 0 Å². The predicted molar refractivity (Wildman–Crippen MR) is 98.8 cm³/mol. The molecule has 0 radical (unpaired) electrons. The topological polar surface area (TPSA) is 76.0 Å². The van der Waals surface area contributed by atoms with Crippen molar-refractivity contribution >= 4 is 11.9 Å². The van der Waals surface area contributed by atoms with Crippen molar-refractivity contribution in [3.05, 3.63) is 53.3 Å². The summed E-state index contributed by atoms with van der Waals surface area (Å²) in [7, 11) is 0. The fourth-order valence-electron chi connectivity index (χ4n) is 2.76. The zero-order valence-corrected chi connectivity index (χ0v) is 14.7. The molecule has 1 aliphatic heterocycles. The number of hydrogen-bond acceptors (Lipinski definition) is 5. The summed E-state index contributed by atoms with van der Waals surface area (Å²) in [5, 5.41) is 19.3. The van der Waals surface area contributed by atoms with Gasteiger partial charge in [-0.05, 0) is 42.3 Å². The van der Waals surface area contributed by atoms with E-state index in [0.717, 1.165) is 17.7 Å². The van der Waals surface area contributed by atoms with Crippen LogP contribution in [0.15, 0.2) is 42.2 Å². The average Bonchev–Trinajstić information content (AvgIpc) is 2.96. The predicted octanol–water partition coefficient (Wildman–Crippen LogP) is 4.67. The largest absolute Gasteiger partial charge is 0.504 e. The Balaban J connectivity index is 1.66. The van der Waals surface area contributed by atoms with Gasteiger partial charge >= 0.3 is 0 Å². The molecule has 0 atom stereocenters. The normalized spacial score (nSPS) is 14.3. The molecule has 1 heterocycles. The number of allylic oxidation sites excluding steroid dienone is 1. The minimum Gasteiger partial charge on any atom is -0.504 e. The van der Waals surface area contributed by atoms with Crippen LogP contribution in [0.1, 0.15) is 48.5 Å². The van der Waals surface area contributed by atoms with E-state index in [4.69, 9.17) is 9.47 Å². The van der Waals surface area contributed by atoms with Crippen LogP contribution in [-0.2, 0) is 0 Å². The summed E-state index contributed by atoms with van der Waals surface area (Å²) in [4.78, 5) is 12.3. The summed E-state index contributed by atoms with van der Waals surface area (Å²) < 4.78 is 11.1. The van der Waals surface area contributed by atoms with Crippen LogP contribution in [0.25, 0.3) is 6.08 Å².